The van der Waals surface area contributed by atoms with E-state index in [1.165, 1.54) is 11.3 Å². The van der Waals surface area contributed by atoms with Crippen molar-refractivity contribution >= 4 is 45.0 Å². The molecule has 0 aliphatic carbocycles. The summed E-state index contributed by atoms with van der Waals surface area (Å²) in [4.78, 5) is 22.1. The standard InChI is InChI=1S/C21H29N5O2S.ClH/c1-7-26-15(3)13-16(23-26)20(27)25(12-8-11-24(4)5)21-22-18-17(28-6)10-9-14(2)19(18)29-21;/h9-10,13H,7-8,11-12H2,1-6H3;1H. The molecule has 2 heterocycles. The predicted molar refractivity (Wildman–Crippen MR) is 126 cm³/mol. The van der Waals surface area contributed by atoms with Gasteiger partial charge in [0.2, 0.25) is 0 Å². The molecule has 0 aliphatic rings. The minimum atomic E-state index is -0.116. The van der Waals surface area contributed by atoms with E-state index in [0.29, 0.717) is 17.4 Å². The number of halogens is 1. The number of aromatic nitrogens is 3. The zero-order chi connectivity index (χ0) is 21.1. The first-order chi connectivity index (χ1) is 13.8. The maximum absolute atomic E-state index is 13.4. The Morgan fingerprint density at radius 3 is 2.57 bits per heavy atom. The third-order valence-electron chi connectivity index (χ3n) is 4.87. The third kappa shape index (κ3) is 4.94. The molecule has 1 aromatic carbocycles. The van der Waals surface area contributed by atoms with Crippen LogP contribution < -0.4 is 9.64 Å². The fourth-order valence-electron chi connectivity index (χ4n) is 3.28. The average molecular weight is 452 g/mol. The van der Waals surface area contributed by atoms with E-state index >= 15 is 0 Å². The van der Waals surface area contributed by atoms with Crippen LogP contribution in [-0.4, -0.2) is 59.9 Å². The molecule has 0 aliphatic heterocycles. The first-order valence-corrected chi connectivity index (χ1v) is 10.6. The van der Waals surface area contributed by atoms with Crippen LogP contribution >= 0.6 is 23.7 Å². The van der Waals surface area contributed by atoms with Gasteiger partial charge in [0.25, 0.3) is 5.91 Å². The largest absolute Gasteiger partial charge is 0.494 e. The van der Waals surface area contributed by atoms with Gasteiger partial charge in [0.15, 0.2) is 10.8 Å². The lowest BCUT2D eigenvalue weighted by Crippen LogP contribution is -2.33. The zero-order valence-corrected chi connectivity index (χ0v) is 20.1. The monoisotopic (exact) mass is 451 g/mol. The number of fused-ring (bicyclic) bond motifs is 1. The molecule has 0 radical (unpaired) electrons. The number of methoxy groups -OCH3 is 1. The molecule has 2 aromatic heterocycles. The molecule has 7 nitrogen and oxygen atoms in total. The van der Waals surface area contributed by atoms with Gasteiger partial charge < -0.3 is 9.64 Å². The number of nitrogens with zero attached hydrogens (tertiary/aromatic N) is 5. The Labute approximate surface area is 188 Å². The second-order valence-corrected chi connectivity index (χ2v) is 8.34. The fraction of sp³-hybridized carbons (Fsp3) is 0.476. The lowest BCUT2D eigenvalue weighted by molar-refractivity contribution is 0.0980. The number of rotatable bonds is 8. The van der Waals surface area contributed by atoms with E-state index in [0.717, 1.165) is 46.7 Å². The summed E-state index contributed by atoms with van der Waals surface area (Å²) in [5.74, 6) is 0.606. The topological polar surface area (TPSA) is 63.5 Å². The Morgan fingerprint density at radius 2 is 1.97 bits per heavy atom. The summed E-state index contributed by atoms with van der Waals surface area (Å²) in [6, 6.07) is 5.79. The second kappa shape index (κ2) is 10.2. The van der Waals surface area contributed by atoms with E-state index in [1.54, 1.807) is 12.0 Å². The quantitative estimate of drug-likeness (QED) is 0.514. The minimum Gasteiger partial charge on any atom is -0.494 e. The molecular formula is C21H30ClN5O2S. The van der Waals surface area contributed by atoms with Crippen molar-refractivity contribution in [2.75, 3.05) is 39.2 Å². The molecule has 0 spiro atoms. The number of thiazole rings is 1. The highest BCUT2D eigenvalue weighted by atomic mass is 35.5. The molecule has 3 rings (SSSR count). The van der Waals surface area contributed by atoms with Crippen LogP contribution in [0.15, 0.2) is 18.2 Å². The van der Waals surface area contributed by atoms with Crippen molar-refractivity contribution in [1.82, 2.24) is 19.7 Å². The number of anilines is 1. The normalized spacial score (nSPS) is 11.0. The molecule has 0 saturated carbocycles. The van der Waals surface area contributed by atoms with E-state index in [9.17, 15) is 4.79 Å². The summed E-state index contributed by atoms with van der Waals surface area (Å²) in [6.45, 7) is 8.24. The van der Waals surface area contributed by atoms with Gasteiger partial charge in [-0.05, 0) is 65.5 Å². The lowest BCUT2D eigenvalue weighted by atomic mass is 10.2. The van der Waals surface area contributed by atoms with Crippen LogP contribution in [0.5, 0.6) is 5.75 Å². The molecule has 9 heteroatoms. The van der Waals surface area contributed by atoms with Crippen molar-refractivity contribution in [2.45, 2.75) is 33.7 Å². The Morgan fingerprint density at radius 1 is 1.23 bits per heavy atom. The number of carbonyl (C=O) groups is 1. The molecule has 30 heavy (non-hydrogen) atoms. The van der Waals surface area contributed by atoms with Crippen molar-refractivity contribution in [2.24, 2.45) is 0 Å². The van der Waals surface area contributed by atoms with Crippen molar-refractivity contribution < 1.29 is 9.53 Å². The number of hydrogen-bond acceptors (Lipinski definition) is 6. The third-order valence-corrected chi connectivity index (χ3v) is 6.09. The van der Waals surface area contributed by atoms with Crippen molar-refractivity contribution in [3.63, 3.8) is 0 Å². The van der Waals surface area contributed by atoms with E-state index in [4.69, 9.17) is 9.72 Å². The number of ether oxygens (including phenoxy) is 1. The summed E-state index contributed by atoms with van der Waals surface area (Å²) in [6.07, 6.45) is 0.845. The molecule has 3 aromatic rings. The summed E-state index contributed by atoms with van der Waals surface area (Å²) >= 11 is 1.53. The van der Waals surface area contributed by atoms with Crippen LogP contribution in [0.2, 0.25) is 0 Å². The van der Waals surface area contributed by atoms with Crippen molar-refractivity contribution in [1.29, 1.82) is 0 Å². The number of amides is 1. The molecular weight excluding hydrogens is 422 g/mol. The fourth-order valence-corrected chi connectivity index (χ4v) is 4.36. The Hall–Kier alpha value is -2.16. The van der Waals surface area contributed by atoms with Gasteiger partial charge in [-0.25, -0.2) is 4.98 Å². The Balaban J connectivity index is 0.00000320. The van der Waals surface area contributed by atoms with Crippen LogP contribution in [0.25, 0.3) is 10.2 Å². The predicted octanol–water partition coefficient (Wildman–Crippen LogP) is 4.16. The SMILES string of the molecule is CCn1nc(C(=O)N(CCCN(C)C)c2nc3c(OC)ccc(C)c3s2)cc1C.Cl. The first kappa shape index (κ1) is 24.1. The molecule has 1 amide bonds. The number of carbonyl (C=O) groups excluding carboxylic acids is 1. The summed E-state index contributed by atoms with van der Waals surface area (Å²) in [5, 5.41) is 5.17. The molecule has 164 valence electrons. The van der Waals surface area contributed by atoms with Gasteiger partial charge in [-0.15, -0.1) is 12.4 Å². The van der Waals surface area contributed by atoms with Gasteiger partial charge in [0.1, 0.15) is 11.3 Å². The Bertz CT molecular complexity index is 1010. The van der Waals surface area contributed by atoms with Crippen LogP contribution in [0, 0.1) is 13.8 Å². The first-order valence-electron chi connectivity index (χ1n) is 9.80. The molecule has 0 atom stereocenters. The lowest BCUT2D eigenvalue weighted by Gasteiger charge is -2.20. The average Bonchev–Trinajstić information content (AvgIpc) is 3.29. The van der Waals surface area contributed by atoms with Gasteiger partial charge >= 0.3 is 0 Å². The zero-order valence-electron chi connectivity index (χ0n) is 18.4. The molecule has 0 bridgehead atoms. The second-order valence-electron chi connectivity index (χ2n) is 7.36. The molecule has 0 N–H and O–H groups in total. The van der Waals surface area contributed by atoms with E-state index in [1.807, 2.05) is 57.7 Å². The summed E-state index contributed by atoms with van der Waals surface area (Å²) in [7, 11) is 5.71. The van der Waals surface area contributed by atoms with E-state index < -0.39 is 0 Å². The molecule has 0 unspecified atom stereocenters. The van der Waals surface area contributed by atoms with Crippen molar-refractivity contribution in [3.05, 3.63) is 35.2 Å². The van der Waals surface area contributed by atoms with Crippen LogP contribution in [0.4, 0.5) is 5.13 Å². The summed E-state index contributed by atoms with van der Waals surface area (Å²) < 4.78 is 8.37. The number of benzene rings is 1. The number of hydrogen-bond donors (Lipinski definition) is 0. The highest BCUT2D eigenvalue weighted by Crippen LogP contribution is 2.36. The van der Waals surface area contributed by atoms with E-state index in [-0.39, 0.29) is 18.3 Å². The molecule has 0 saturated heterocycles. The van der Waals surface area contributed by atoms with Gasteiger partial charge in [-0.2, -0.15) is 5.10 Å². The smallest absolute Gasteiger partial charge is 0.280 e. The highest BCUT2D eigenvalue weighted by Gasteiger charge is 2.25. The Kier molecular flexibility index (Phi) is 8.23. The maximum Gasteiger partial charge on any atom is 0.280 e. The highest BCUT2D eigenvalue weighted by molar-refractivity contribution is 7.22. The van der Waals surface area contributed by atoms with Crippen LogP contribution in [0.1, 0.15) is 35.1 Å². The minimum absolute atomic E-state index is 0. The van der Waals surface area contributed by atoms with Crippen molar-refractivity contribution in [3.8, 4) is 5.75 Å². The molecule has 0 fully saturated rings. The van der Waals surface area contributed by atoms with Gasteiger partial charge in [-0.3, -0.25) is 14.4 Å². The van der Waals surface area contributed by atoms with Gasteiger partial charge in [0.05, 0.1) is 11.8 Å². The maximum atomic E-state index is 13.4. The number of aryl methyl sites for hydroxylation is 3. The van der Waals surface area contributed by atoms with Crippen LogP contribution in [0.3, 0.4) is 0 Å². The summed E-state index contributed by atoms with van der Waals surface area (Å²) in [5.41, 5.74) is 3.35. The van der Waals surface area contributed by atoms with Gasteiger partial charge in [-0.1, -0.05) is 17.4 Å². The van der Waals surface area contributed by atoms with Crippen LogP contribution in [-0.2, 0) is 6.54 Å². The van der Waals surface area contributed by atoms with Gasteiger partial charge in [0, 0.05) is 18.8 Å². The van der Waals surface area contributed by atoms with E-state index in [2.05, 4.69) is 10.00 Å².